The van der Waals surface area contributed by atoms with Crippen molar-refractivity contribution in [3.8, 4) is 0 Å². The predicted molar refractivity (Wildman–Crippen MR) is 195 cm³/mol. The van der Waals surface area contributed by atoms with Gasteiger partial charge in [-0.3, -0.25) is 0 Å². The first-order valence-electron chi connectivity index (χ1n) is 15.0. The van der Waals surface area contributed by atoms with Gasteiger partial charge in [-0.25, -0.2) is 0 Å². The first-order chi connectivity index (χ1) is 18.5. The average molecular weight is 717 g/mol. The van der Waals surface area contributed by atoms with Crippen molar-refractivity contribution >= 4 is 74.6 Å². The standard InChI is InChI=1S/C22H44N3Si3.C10H15N2.Sn/c1-21(2,3)17-23-19-15-13-14-16-20(19)24(18-22(4,5)6)26(23)25(27(7,8)9)28(10,11)12;1-11(2)9-6-5-7-10(8-9)12(3)4;/h13-16H,17-18H2,1-12H3;5-7H,1-4H3;. The van der Waals surface area contributed by atoms with Gasteiger partial charge in [0.2, 0.25) is 0 Å². The van der Waals surface area contributed by atoms with Gasteiger partial charge < -0.3 is 13.0 Å². The molecule has 2 aromatic rings. The topological polar surface area (TPSA) is 16.2 Å². The Morgan fingerprint density at radius 3 is 1.24 bits per heavy atom. The SMILES string of the molecule is CC(C)(C)CN1c2ccccc2N(CC(C)(C)C)[Si]1N([Si](C)(C)C)[Si](C)(C)C.CN(C)c1cccc(N(C)C)[c]1[Sn]. The number of nitrogens with zero attached hydrogens (tertiary/aromatic N) is 5. The molecule has 0 aromatic heterocycles. The fourth-order valence-corrected chi connectivity index (χ4v) is 24.5. The Labute approximate surface area is 271 Å². The normalized spacial score (nSPS) is 14.7. The van der Waals surface area contributed by atoms with E-state index in [-0.39, 0.29) is 10.8 Å². The minimum absolute atomic E-state index is 0.269. The zero-order valence-corrected chi connectivity index (χ0v) is 35.0. The van der Waals surface area contributed by atoms with Crippen LogP contribution in [0.25, 0.3) is 0 Å². The fourth-order valence-electron chi connectivity index (χ4n) is 5.66. The monoisotopic (exact) mass is 717 g/mol. The average Bonchev–Trinajstić information content (AvgIpc) is 3.02. The Kier molecular flexibility index (Phi) is 11.8. The summed E-state index contributed by atoms with van der Waals surface area (Å²) in [6.45, 7) is 31.8. The minimum atomic E-state index is -1.50. The van der Waals surface area contributed by atoms with E-state index in [4.69, 9.17) is 0 Å². The summed E-state index contributed by atoms with van der Waals surface area (Å²) in [7, 11) is 4.29. The van der Waals surface area contributed by atoms with Crippen LogP contribution in [0.5, 0.6) is 0 Å². The van der Waals surface area contributed by atoms with Gasteiger partial charge in [0.25, 0.3) is 0 Å². The van der Waals surface area contributed by atoms with Crippen LogP contribution in [-0.4, -0.2) is 93.5 Å². The molecule has 0 aliphatic carbocycles. The molecule has 1 heterocycles. The van der Waals surface area contributed by atoms with Gasteiger partial charge in [0, 0.05) is 13.1 Å². The number of rotatable bonds is 7. The number of hydrogen-bond acceptors (Lipinski definition) is 5. The molecule has 2 aromatic carbocycles. The molecule has 41 heavy (non-hydrogen) atoms. The van der Waals surface area contributed by atoms with Crippen LogP contribution in [0, 0.1) is 10.8 Å². The number of para-hydroxylation sites is 2. The molecule has 1 aliphatic rings. The van der Waals surface area contributed by atoms with Gasteiger partial charge in [-0.15, -0.1) is 0 Å². The van der Waals surface area contributed by atoms with E-state index >= 15 is 0 Å². The number of benzene rings is 2. The van der Waals surface area contributed by atoms with Crippen LogP contribution in [-0.2, 0) is 0 Å². The summed E-state index contributed by atoms with van der Waals surface area (Å²) >= 11 is 1.47. The summed E-state index contributed by atoms with van der Waals surface area (Å²) in [5.74, 6) is 0. The molecule has 4 radical (unpaired) electrons. The molecule has 0 atom stereocenters. The molecule has 1 aliphatic heterocycles. The zero-order chi connectivity index (χ0) is 31.7. The fraction of sp³-hybridized carbons (Fsp3) is 0.625. The summed E-state index contributed by atoms with van der Waals surface area (Å²) in [5.41, 5.74) is 6.10. The van der Waals surface area contributed by atoms with E-state index in [0.29, 0.717) is 0 Å². The van der Waals surface area contributed by atoms with Gasteiger partial charge in [0.15, 0.2) is 0 Å². The molecule has 0 bridgehead atoms. The number of hydrogen-bond donors (Lipinski definition) is 0. The summed E-state index contributed by atoms with van der Waals surface area (Å²) in [5, 5.41) is 0. The molecular weight excluding hydrogens is 657 g/mol. The van der Waals surface area contributed by atoms with Crippen molar-refractivity contribution in [2.75, 3.05) is 60.2 Å². The Bertz CT molecular complexity index is 1060. The van der Waals surface area contributed by atoms with Crippen LogP contribution in [0.2, 0.25) is 39.3 Å². The van der Waals surface area contributed by atoms with E-state index in [9.17, 15) is 0 Å². The summed E-state index contributed by atoms with van der Waals surface area (Å²) in [4.78, 5) is 4.33. The third-order valence-electron chi connectivity index (χ3n) is 6.74. The van der Waals surface area contributed by atoms with Crippen LogP contribution in [0.3, 0.4) is 0 Å². The van der Waals surface area contributed by atoms with Crippen molar-refractivity contribution in [2.45, 2.75) is 80.8 Å². The second-order valence-electron chi connectivity index (χ2n) is 16.2. The molecule has 3 rings (SSSR count). The van der Waals surface area contributed by atoms with Gasteiger partial charge >= 0.3 is 103 Å². The summed E-state index contributed by atoms with van der Waals surface area (Å²) in [6, 6.07) is 15.6. The van der Waals surface area contributed by atoms with Crippen LogP contribution in [0.4, 0.5) is 22.7 Å². The molecular formula is C32H59N5Si3Sn. The van der Waals surface area contributed by atoms with Gasteiger partial charge in [0.1, 0.15) is 16.5 Å². The van der Waals surface area contributed by atoms with Crippen LogP contribution < -0.4 is 22.5 Å². The van der Waals surface area contributed by atoms with Crippen molar-refractivity contribution in [1.29, 1.82) is 0 Å². The first kappa shape index (κ1) is 36.2. The van der Waals surface area contributed by atoms with E-state index in [2.05, 4.69) is 174 Å². The van der Waals surface area contributed by atoms with Gasteiger partial charge in [-0.2, -0.15) is 0 Å². The van der Waals surface area contributed by atoms with Crippen molar-refractivity contribution in [2.24, 2.45) is 10.8 Å². The zero-order valence-electron chi connectivity index (χ0n) is 29.2. The van der Waals surface area contributed by atoms with Gasteiger partial charge in [-0.1, -0.05) is 93.0 Å². The van der Waals surface area contributed by atoms with E-state index in [1.807, 2.05) is 0 Å². The Morgan fingerprint density at radius 2 is 0.976 bits per heavy atom. The van der Waals surface area contributed by atoms with Crippen LogP contribution >= 0.6 is 0 Å². The Morgan fingerprint density at radius 1 is 0.634 bits per heavy atom. The van der Waals surface area contributed by atoms with E-state index < -0.39 is 25.8 Å². The molecule has 0 saturated heterocycles. The molecule has 0 spiro atoms. The molecule has 0 amide bonds. The second-order valence-corrected chi connectivity index (χ2v) is 30.7. The van der Waals surface area contributed by atoms with Crippen LogP contribution in [0.15, 0.2) is 42.5 Å². The van der Waals surface area contributed by atoms with Crippen molar-refractivity contribution in [3.63, 3.8) is 0 Å². The van der Waals surface area contributed by atoms with Crippen molar-refractivity contribution in [1.82, 2.24) is 3.90 Å². The maximum absolute atomic E-state index is 3.09. The van der Waals surface area contributed by atoms with E-state index in [1.165, 1.54) is 48.9 Å². The molecule has 0 unspecified atom stereocenters. The predicted octanol–water partition coefficient (Wildman–Crippen LogP) is 6.97. The number of fused-ring (bicyclic) bond motifs is 1. The summed E-state index contributed by atoms with van der Waals surface area (Å²) < 4.78 is 10.1. The molecule has 5 nitrogen and oxygen atoms in total. The third-order valence-corrected chi connectivity index (χ3v) is 22.3. The van der Waals surface area contributed by atoms with Crippen molar-refractivity contribution < 1.29 is 0 Å². The van der Waals surface area contributed by atoms with E-state index in [0.717, 1.165) is 13.1 Å². The maximum atomic E-state index is 3.09. The Hall–Kier alpha value is -0.951. The molecule has 0 fully saturated rings. The van der Waals surface area contributed by atoms with E-state index in [1.54, 1.807) is 0 Å². The molecule has 0 N–H and O–H groups in total. The first-order valence-corrected chi connectivity index (χ1v) is 24.6. The quantitative estimate of drug-likeness (QED) is 0.287. The number of anilines is 4. The van der Waals surface area contributed by atoms with Gasteiger partial charge in [0.05, 0.1) is 11.4 Å². The van der Waals surface area contributed by atoms with Gasteiger partial charge in [-0.05, 0) is 23.0 Å². The molecule has 9 heteroatoms. The molecule has 228 valence electrons. The summed E-state index contributed by atoms with van der Waals surface area (Å²) in [6.07, 6.45) is 0. The van der Waals surface area contributed by atoms with Crippen LogP contribution in [0.1, 0.15) is 41.5 Å². The second kappa shape index (κ2) is 13.4. The third kappa shape index (κ3) is 9.78. The Balaban J connectivity index is 0.000000377. The molecule has 0 saturated carbocycles. The van der Waals surface area contributed by atoms with Crippen molar-refractivity contribution in [3.05, 3.63) is 42.5 Å².